The van der Waals surface area contributed by atoms with E-state index in [2.05, 4.69) is 0 Å². The first-order valence-electron chi connectivity index (χ1n) is 16.9. The zero-order valence-electron chi connectivity index (χ0n) is 27.6. The first-order chi connectivity index (χ1) is 25.5. The summed E-state index contributed by atoms with van der Waals surface area (Å²) in [5, 5.41) is 2.08. The van der Waals surface area contributed by atoms with Crippen molar-refractivity contribution in [3.8, 4) is 67.5 Å². The van der Waals surface area contributed by atoms with Crippen LogP contribution in [0.25, 0.3) is 89.5 Å². The molecule has 7 heteroatoms. The van der Waals surface area contributed by atoms with Gasteiger partial charge >= 0.3 is 0 Å². The molecule has 0 amide bonds. The Morgan fingerprint density at radius 1 is 0.365 bits per heavy atom. The fourth-order valence-electron chi connectivity index (χ4n) is 7.16. The molecule has 10 rings (SSSR count). The molecule has 0 atom stereocenters. The SMILES string of the molecule is O=S1(=O)c2cc(-c3ccc4c(c3)oc3ccccc34)ccc2-c2ccc(-c3ccccc3-c3nc(-c4ccccc4)nc(-c4ccccc4)n3)cc21. The fourth-order valence-corrected chi connectivity index (χ4v) is 8.90. The minimum Gasteiger partial charge on any atom is -0.456 e. The van der Waals surface area contributed by atoms with Crippen molar-refractivity contribution in [2.24, 2.45) is 0 Å². The molecule has 0 saturated carbocycles. The van der Waals surface area contributed by atoms with Crippen LogP contribution in [0.4, 0.5) is 0 Å². The number of rotatable bonds is 5. The highest BCUT2D eigenvalue weighted by atomic mass is 32.2. The second kappa shape index (κ2) is 11.7. The number of hydrogen-bond acceptors (Lipinski definition) is 6. The van der Waals surface area contributed by atoms with Crippen LogP contribution in [0.2, 0.25) is 0 Å². The molecule has 2 aromatic heterocycles. The number of sulfone groups is 1. The summed E-state index contributed by atoms with van der Waals surface area (Å²) in [6.07, 6.45) is 0. The van der Waals surface area contributed by atoms with Gasteiger partial charge in [0.25, 0.3) is 0 Å². The molecule has 1 aliphatic heterocycles. The molecule has 0 bridgehead atoms. The summed E-state index contributed by atoms with van der Waals surface area (Å²) in [6.45, 7) is 0. The average molecular weight is 690 g/mol. The van der Waals surface area contributed by atoms with Crippen LogP contribution < -0.4 is 0 Å². The number of nitrogens with zero attached hydrogens (tertiary/aromatic N) is 3. The lowest BCUT2D eigenvalue weighted by Crippen LogP contribution is -2.01. The third kappa shape index (κ3) is 4.86. The number of aromatic nitrogens is 3. The summed E-state index contributed by atoms with van der Waals surface area (Å²) in [4.78, 5) is 15.3. The third-order valence-corrected chi connectivity index (χ3v) is 11.6. The van der Waals surface area contributed by atoms with Gasteiger partial charge in [0, 0.05) is 38.6 Å². The van der Waals surface area contributed by atoms with Crippen molar-refractivity contribution in [2.45, 2.75) is 9.79 Å². The van der Waals surface area contributed by atoms with Crippen LogP contribution in [0.1, 0.15) is 0 Å². The van der Waals surface area contributed by atoms with Gasteiger partial charge in [-0.2, -0.15) is 0 Å². The Hall–Kier alpha value is -6.70. The van der Waals surface area contributed by atoms with E-state index in [1.54, 1.807) is 12.1 Å². The molecule has 0 aliphatic carbocycles. The van der Waals surface area contributed by atoms with E-state index >= 15 is 0 Å². The minimum absolute atomic E-state index is 0.283. The first-order valence-corrected chi connectivity index (χ1v) is 18.4. The Bertz CT molecular complexity index is 2920. The molecule has 0 fully saturated rings. The van der Waals surface area contributed by atoms with Crippen molar-refractivity contribution in [2.75, 3.05) is 0 Å². The van der Waals surface area contributed by atoms with Gasteiger partial charge in [-0.1, -0.05) is 133 Å². The van der Waals surface area contributed by atoms with Crippen molar-refractivity contribution >= 4 is 31.8 Å². The standard InChI is InChI=1S/C45H27N3O3S/c49-52(50)41-26-31(30-19-22-35-34-16-9-10-18-39(34)51-40(35)25-30)20-23-36(41)37-24-21-32(27-42(37)52)33-15-7-8-17-38(33)45-47-43(28-11-3-1-4-12-28)46-44(48-45)29-13-5-2-6-14-29/h1-27H. The zero-order valence-corrected chi connectivity index (χ0v) is 28.4. The summed E-state index contributed by atoms with van der Waals surface area (Å²) in [5.41, 5.74) is 8.76. The highest BCUT2D eigenvalue weighted by Crippen LogP contribution is 2.47. The minimum atomic E-state index is -3.82. The lowest BCUT2D eigenvalue weighted by Gasteiger charge is -2.13. The summed E-state index contributed by atoms with van der Waals surface area (Å²) in [7, 11) is -3.82. The van der Waals surface area contributed by atoms with Gasteiger partial charge in [0.05, 0.1) is 9.79 Å². The van der Waals surface area contributed by atoms with Crippen LogP contribution in [-0.4, -0.2) is 23.4 Å². The zero-order chi connectivity index (χ0) is 34.8. The quantitative estimate of drug-likeness (QED) is 0.179. The molecule has 7 aromatic carbocycles. The lowest BCUT2D eigenvalue weighted by atomic mass is 9.95. The molecular weight excluding hydrogens is 663 g/mol. The van der Waals surface area contributed by atoms with Crippen molar-refractivity contribution < 1.29 is 12.8 Å². The van der Waals surface area contributed by atoms with Gasteiger partial charge in [0.15, 0.2) is 17.5 Å². The van der Waals surface area contributed by atoms with Crippen molar-refractivity contribution in [3.05, 3.63) is 164 Å². The van der Waals surface area contributed by atoms with Gasteiger partial charge in [-0.25, -0.2) is 23.4 Å². The van der Waals surface area contributed by atoms with E-state index in [0.29, 0.717) is 33.5 Å². The fraction of sp³-hybridized carbons (Fsp3) is 0. The molecule has 246 valence electrons. The maximum Gasteiger partial charge on any atom is 0.207 e. The first kappa shape index (κ1) is 30.2. The van der Waals surface area contributed by atoms with E-state index in [4.69, 9.17) is 19.4 Å². The largest absolute Gasteiger partial charge is 0.456 e. The van der Waals surface area contributed by atoms with E-state index in [9.17, 15) is 8.42 Å². The van der Waals surface area contributed by atoms with Crippen molar-refractivity contribution in [1.29, 1.82) is 0 Å². The van der Waals surface area contributed by atoms with E-state index in [-0.39, 0.29) is 4.90 Å². The monoisotopic (exact) mass is 689 g/mol. The summed E-state index contributed by atoms with van der Waals surface area (Å²) in [6, 6.07) is 52.8. The van der Waals surface area contributed by atoms with Crippen molar-refractivity contribution in [3.63, 3.8) is 0 Å². The molecule has 0 saturated heterocycles. The van der Waals surface area contributed by atoms with Crippen LogP contribution in [0.5, 0.6) is 0 Å². The van der Waals surface area contributed by atoms with Crippen LogP contribution in [0, 0.1) is 0 Å². The third-order valence-electron chi connectivity index (χ3n) is 9.72. The van der Waals surface area contributed by atoms with Gasteiger partial charge in [-0.15, -0.1) is 0 Å². The second-order valence-electron chi connectivity index (χ2n) is 12.8. The number of hydrogen-bond donors (Lipinski definition) is 0. The molecule has 0 radical (unpaired) electrons. The molecular formula is C45H27N3O3S. The molecule has 1 aliphatic rings. The van der Waals surface area contributed by atoms with Gasteiger partial charge in [0.2, 0.25) is 9.84 Å². The topological polar surface area (TPSA) is 86.0 Å². The Morgan fingerprint density at radius 2 is 0.865 bits per heavy atom. The Morgan fingerprint density at radius 3 is 1.56 bits per heavy atom. The molecule has 0 N–H and O–H groups in total. The summed E-state index contributed by atoms with van der Waals surface area (Å²) in [5.74, 6) is 1.61. The van der Waals surface area contributed by atoms with Gasteiger partial charge < -0.3 is 4.42 Å². The van der Waals surface area contributed by atoms with Gasteiger partial charge in [-0.3, -0.25) is 0 Å². The predicted molar refractivity (Wildman–Crippen MR) is 205 cm³/mol. The van der Waals surface area contributed by atoms with Crippen LogP contribution in [0.15, 0.2) is 178 Å². The second-order valence-corrected chi connectivity index (χ2v) is 14.7. The average Bonchev–Trinajstić information content (AvgIpc) is 3.69. The Labute approximate surface area is 299 Å². The molecule has 9 aromatic rings. The van der Waals surface area contributed by atoms with Gasteiger partial charge in [-0.05, 0) is 52.6 Å². The van der Waals surface area contributed by atoms with E-state index in [1.165, 1.54) is 0 Å². The number of furan rings is 1. The van der Waals surface area contributed by atoms with E-state index in [1.807, 2.05) is 152 Å². The smallest absolute Gasteiger partial charge is 0.207 e. The van der Waals surface area contributed by atoms with Crippen LogP contribution in [0.3, 0.4) is 0 Å². The maximum atomic E-state index is 14.3. The Kier molecular flexibility index (Phi) is 6.78. The molecule has 3 heterocycles. The van der Waals surface area contributed by atoms with Crippen LogP contribution >= 0.6 is 0 Å². The molecule has 52 heavy (non-hydrogen) atoms. The Balaban J connectivity index is 1.06. The normalized spacial score (nSPS) is 12.9. The number of fused-ring (bicyclic) bond motifs is 6. The molecule has 6 nitrogen and oxygen atoms in total. The van der Waals surface area contributed by atoms with Crippen LogP contribution in [-0.2, 0) is 9.84 Å². The maximum absolute atomic E-state index is 14.3. The predicted octanol–water partition coefficient (Wildman–Crippen LogP) is 10.9. The number of para-hydroxylation sites is 1. The highest BCUT2D eigenvalue weighted by molar-refractivity contribution is 7.92. The summed E-state index contributed by atoms with van der Waals surface area (Å²) >= 11 is 0. The van der Waals surface area contributed by atoms with E-state index in [0.717, 1.165) is 60.9 Å². The highest BCUT2D eigenvalue weighted by Gasteiger charge is 2.34. The number of benzene rings is 7. The van der Waals surface area contributed by atoms with Crippen molar-refractivity contribution in [1.82, 2.24) is 15.0 Å². The molecule has 0 spiro atoms. The molecule has 0 unspecified atom stereocenters. The van der Waals surface area contributed by atoms with Gasteiger partial charge in [0.1, 0.15) is 11.2 Å². The lowest BCUT2D eigenvalue weighted by molar-refractivity contribution is 0.598. The summed E-state index contributed by atoms with van der Waals surface area (Å²) < 4.78 is 34.7. The van der Waals surface area contributed by atoms with E-state index < -0.39 is 9.84 Å².